The van der Waals surface area contributed by atoms with Gasteiger partial charge in [-0.2, -0.15) is 4.31 Å². The Bertz CT molecular complexity index is 893. The van der Waals surface area contributed by atoms with E-state index in [1.807, 2.05) is 42.5 Å². The van der Waals surface area contributed by atoms with Crippen LogP contribution in [-0.4, -0.2) is 44.5 Å². The van der Waals surface area contributed by atoms with Crippen molar-refractivity contribution in [3.8, 4) is 0 Å². The summed E-state index contributed by atoms with van der Waals surface area (Å²) >= 11 is 0. The quantitative estimate of drug-likeness (QED) is 0.720. The Morgan fingerprint density at radius 2 is 1.62 bits per heavy atom. The van der Waals surface area contributed by atoms with E-state index in [2.05, 4.69) is 22.3 Å². The SMILES string of the molecule is CS(=O)(=O)N(CC(=O)NCc1ccc(N2CCCCC2)cc1)Cc1ccccc1. The molecule has 1 heterocycles. The van der Waals surface area contributed by atoms with Gasteiger partial charge in [-0.1, -0.05) is 42.5 Å². The first kappa shape index (κ1) is 21.3. The zero-order valence-electron chi connectivity index (χ0n) is 16.9. The molecule has 0 spiro atoms. The second-order valence-corrected chi connectivity index (χ2v) is 9.49. The number of nitrogens with one attached hydrogen (secondary N) is 1. The Hall–Kier alpha value is -2.38. The minimum Gasteiger partial charge on any atom is -0.372 e. The van der Waals surface area contributed by atoms with Gasteiger partial charge in [-0.05, 0) is 42.5 Å². The highest BCUT2D eigenvalue weighted by molar-refractivity contribution is 7.88. The van der Waals surface area contributed by atoms with Crippen LogP contribution in [0.1, 0.15) is 30.4 Å². The number of sulfonamides is 1. The molecule has 0 aromatic heterocycles. The van der Waals surface area contributed by atoms with E-state index in [1.54, 1.807) is 0 Å². The van der Waals surface area contributed by atoms with Gasteiger partial charge in [-0.15, -0.1) is 0 Å². The Morgan fingerprint density at radius 3 is 2.24 bits per heavy atom. The van der Waals surface area contributed by atoms with Crippen molar-refractivity contribution >= 4 is 21.6 Å². The first-order valence-corrected chi connectivity index (χ1v) is 11.9. The summed E-state index contributed by atoms with van der Waals surface area (Å²) in [5.74, 6) is -0.313. The van der Waals surface area contributed by atoms with Crippen molar-refractivity contribution in [3.63, 3.8) is 0 Å². The molecule has 1 aliphatic rings. The van der Waals surface area contributed by atoms with E-state index < -0.39 is 10.0 Å². The smallest absolute Gasteiger partial charge is 0.235 e. The third kappa shape index (κ3) is 6.58. The van der Waals surface area contributed by atoms with Crippen LogP contribution in [-0.2, 0) is 27.9 Å². The molecule has 0 unspecified atom stereocenters. The number of hydrogen-bond acceptors (Lipinski definition) is 4. The maximum absolute atomic E-state index is 12.4. The number of nitrogens with zero attached hydrogens (tertiary/aromatic N) is 2. The predicted octanol–water partition coefficient (Wildman–Crippen LogP) is 2.75. The molecule has 2 aromatic carbocycles. The standard InChI is InChI=1S/C22H29N3O3S/c1-29(27,28)25(17-20-8-4-2-5-9-20)18-22(26)23-16-19-10-12-21(13-11-19)24-14-6-3-7-15-24/h2,4-5,8-13H,3,6-7,14-18H2,1H3,(H,23,26). The summed E-state index contributed by atoms with van der Waals surface area (Å²) in [6.45, 7) is 2.55. The second kappa shape index (κ2) is 9.89. The summed E-state index contributed by atoms with van der Waals surface area (Å²) in [7, 11) is -3.49. The molecule has 1 fully saturated rings. The molecule has 1 N–H and O–H groups in total. The fourth-order valence-electron chi connectivity index (χ4n) is 3.47. The number of benzene rings is 2. The maximum atomic E-state index is 12.4. The molecule has 1 amide bonds. The number of carbonyl (C=O) groups excluding carboxylic acids is 1. The van der Waals surface area contributed by atoms with Crippen molar-refractivity contribution in [1.29, 1.82) is 0 Å². The van der Waals surface area contributed by atoms with Crippen LogP contribution in [0.2, 0.25) is 0 Å². The zero-order valence-corrected chi connectivity index (χ0v) is 17.7. The molecular formula is C22H29N3O3S. The minimum atomic E-state index is -3.49. The lowest BCUT2D eigenvalue weighted by Crippen LogP contribution is -2.39. The summed E-state index contributed by atoms with van der Waals surface area (Å²) < 4.78 is 25.3. The monoisotopic (exact) mass is 415 g/mol. The molecule has 1 aliphatic heterocycles. The Balaban J connectivity index is 1.53. The lowest BCUT2D eigenvalue weighted by Gasteiger charge is -2.28. The highest BCUT2D eigenvalue weighted by Crippen LogP contribution is 2.20. The fourth-order valence-corrected chi connectivity index (χ4v) is 4.21. The first-order valence-electron chi connectivity index (χ1n) is 10.0. The second-order valence-electron chi connectivity index (χ2n) is 7.51. The van der Waals surface area contributed by atoms with Gasteiger partial charge < -0.3 is 10.2 Å². The number of carbonyl (C=O) groups is 1. The number of anilines is 1. The highest BCUT2D eigenvalue weighted by Gasteiger charge is 2.20. The van der Waals surface area contributed by atoms with Crippen LogP contribution < -0.4 is 10.2 Å². The molecule has 156 valence electrons. The van der Waals surface area contributed by atoms with Crippen molar-refractivity contribution in [2.45, 2.75) is 32.4 Å². The Kier molecular flexibility index (Phi) is 7.28. The van der Waals surface area contributed by atoms with Gasteiger partial charge in [0.1, 0.15) is 0 Å². The molecule has 1 saturated heterocycles. The molecule has 7 heteroatoms. The predicted molar refractivity (Wildman–Crippen MR) is 116 cm³/mol. The maximum Gasteiger partial charge on any atom is 0.235 e. The summed E-state index contributed by atoms with van der Waals surface area (Å²) in [4.78, 5) is 14.7. The van der Waals surface area contributed by atoms with E-state index in [1.165, 1.54) is 29.3 Å². The van der Waals surface area contributed by atoms with Crippen LogP contribution in [0.25, 0.3) is 0 Å². The van der Waals surface area contributed by atoms with Gasteiger partial charge in [0.2, 0.25) is 15.9 Å². The van der Waals surface area contributed by atoms with Gasteiger partial charge in [-0.25, -0.2) is 8.42 Å². The van der Waals surface area contributed by atoms with Crippen molar-refractivity contribution < 1.29 is 13.2 Å². The summed E-state index contributed by atoms with van der Waals surface area (Å²) in [6, 6.07) is 17.5. The zero-order chi connectivity index (χ0) is 20.7. The van der Waals surface area contributed by atoms with E-state index in [0.29, 0.717) is 6.54 Å². The molecule has 0 radical (unpaired) electrons. The minimum absolute atomic E-state index is 0.178. The van der Waals surface area contributed by atoms with E-state index in [4.69, 9.17) is 0 Å². The van der Waals surface area contributed by atoms with Crippen LogP contribution in [0.15, 0.2) is 54.6 Å². The average Bonchev–Trinajstić information content (AvgIpc) is 2.73. The van der Waals surface area contributed by atoms with Gasteiger partial charge in [-0.3, -0.25) is 4.79 Å². The lowest BCUT2D eigenvalue weighted by atomic mass is 10.1. The van der Waals surface area contributed by atoms with Crippen molar-refractivity contribution in [2.75, 3.05) is 30.8 Å². The van der Waals surface area contributed by atoms with Gasteiger partial charge in [0.15, 0.2) is 0 Å². The summed E-state index contributed by atoms with van der Waals surface area (Å²) in [5, 5.41) is 2.83. The lowest BCUT2D eigenvalue weighted by molar-refractivity contribution is -0.121. The average molecular weight is 416 g/mol. The van der Waals surface area contributed by atoms with E-state index in [0.717, 1.165) is 30.5 Å². The van der Waals surface area contributed by atoms with Gasteiger partial charge in [0.25, 0.3) is 0 Å². The normalized spacial score (nSPS) is 14.8. The van der Waals surface area contributed by atoms with Gasteiger partial charge in [0, 0.05) is 31.9 Å². The van der Waals surface area contributed by atoms with Crippen LogP contribution in [0, 0.1) is 0 Å². The van der Waals surface area contributed by atoms with E-state index in [9.17, 15) is 13.2 Å². The van der Waals surface area contributed by atoms with Crippen LogP contribution >= 0.6 is 0 Å². The number of hydrogen-bond donors (Lipinski definition) is 1. The van der Waals surface area contributed by atoms with Crippen molar-refractivity contribution in [3.05, 3.63) is 65.7 Å². The molecule has 0 atom stereocenters. The molecule has 3 rings (SSSR count). The van der Waals surface area contributed by atoms with Crippen molar-refractivity contribution in [1.82, 2.24) is 9.62 Å². The van der Waals surface area contributed by atoms with E-state index >= 15 is 0 Å². The number of amides is 1. The number of piperidine rings is 1. The fraction of sp³-hybridized carbons (Fsp3) is 0.409. The molecule has 2 aromatic rings. The molecule has 0 aliphatic carbocycles. The van der Waals surface area contributed by atoms with Crippen molar-refractivity contribution in [2.24, 2.45) is 0 Å². The van der Waals surface area contributed by atoms with E-state index in [-0.39, 0.29) is 19.0 Å². The number of rotatable bonds is 8. The third-order valence-electron chi connectivity index (χ3n) is 5.14. The Morgan fingerprint density at radius 1 is 0.966 bits per heavy atom. The van der Waals surface area contributed by atoms with Gasteiger partial charge in [0.05, 0.1) is 12.8 Å². The molecule has 0 saturated carbocycles. The molecule has 6 nitrogen and oxygen atoms in total. The first-order chi connectivity index (χ1) is 13.9. The van der Waals surface area contributed by atoms with Crippen LogP contribution in [0.5, 0.6) is 0 Å². The summed E-state index contributed by atoms with van der Waals surface area (Å²) in [5.41, 5.74) is 3.05. The summed E-state index contributed by atoms with van der Waals surface area (Å²) in [6.07, 6.45) is 4.90. The van der Waals surface area contributed by atoms with Crippen LogP contribution in [0.3, 0.4) is 0 Å². The molecule has 29 heavy (non-hydrogen) atoms. The Labute approximate surface area is 173 Å². The van der Waals surface area contributed by atoms with Crippen LogP contribution in [0.4, 0.5) is 5.69 Å². The molecule has 0 bridgehead atoms. The third-order valence-corrected chi connectivity index (χ3v) is 6.33. The topological polar surface area (TPSA) is 69.7 Å². The highest BCUT2D eigenvalue weighted by atomic mass is 32.2. The largest absolute Gasteiger partial charge is 0.372 e. The molecular weight excluding hydrogens is 386 g/mol. The van der Waals surface area contributed by atoms with Gasteiger partial charge >= 0.3 is 0 Å².